The second-order valence-electron chi connectivity index (χ2n) is 4.64. The van der Waals surface area contributed by atoms with Crippen molar-refractivity contribution < 1.29 is 19.7 Å². The number of carboxylic acid groups (broad SMARTS) is 1. The molecule has 22 heavy (non-hydrogen) atoms. The predicted molar refractivity (Wildman–Crippen MR) is 77.7 cm³/mol. The fraction of sp³-hybridized carbons (Fsp3) is 0.357. The van der Waals surface area contributed by atoms with Crippen molar-refractivity contribution in [1.29, 1.82) is 0 Å². The van der Waals surface area contributed by atoms with Crippen molar-refractivity contribution in [1.82, 2.24) is 20.3 Å². The molecule has 2 rings (SSSR count). The number of amides is 1. The summed E-state index contributed by atoms with van der Waals surface area (Å²) in [6.45, 7) is 0.186. The van der Waals surface area contributed by atoms with Gasteiger partial charge in [-0.05, 0) is 24.1 Å². The van der Waals surface area contributed by atoms with Crippen LogP contribution in [0, 0.1) is 0 Å². The molecule has 0 spiro atoms. The molecule has 0 bridgehead atoms. The quantitative estimate of drug-likeness (QED) is 0.699. The zero-order valence-electron chi connectivity index (χ0n) is 12.1. The van der Waals surface area contributed by atoms with Crippen LogP contribution in [0.25, 0.3) is 0 Å². The second kappa shape index (κ2) is 7.41. The topological polar surface area (TPSA) is 110 Å². The molecule has 0 saturated heterocycles. The van der Waals surface area contributed by atoms with Gasteiger partial charge in [0.25, 0.3) is 0 Å². The number of benzene rings is 1. The molecule has 1 aromatic heterocycles. The molecule has 3 N–H and O–H groups in total. The largest absolute Gasteiger partial charge is 0.497 e. The Balaban J connectivity index is 2.15. The number of nitrogens with one attached hydrogen (secondary N) is 1. The van der Waals surface area contributed by atoms with Crippen LogP contribution in [0.2, 0.25) is 0 Å². The van der Waals surface area contributed by atoms with Crippen molar-refractivity contribution in [2.45, 2.75) is 19.0 Å². The molecule has 1 atom stereocenters. The number of aliphatic hydroxyl groups is 1. The molecule has 0 aliphatic carbocycles. The summed E-state index contributed by atoms with van der Waals surface area (Å²) in [5.74, 6) is 0.736. The first-order chi connectivity index (χ1) is 10.6. The maximum absolute atomic E-state index is 11.0. The van der Waals surface area contributed by atoms with Crippen molar-refractivity contribution in [2.24, 2.45) is 0 Å². The highest BCUT2D eigenvalue weighted by atomic mass is 16.5. The van der Waals surface area contributed by atoms with Gasteiger partial charge in [-0.1, -0.05) is 12.1 Å². The van der Waals surface area contributed by atoms with Crippen LogP contribution in [0.5, 0.6) is 5.75 Å². The molecule has 2 aromatic rings. The minimum atomic E-state index is -1.13. The third-order valence-electron chi connectivity index (χ3n) is 3.11. The van der Waals surface area contributed by atoms with Crippen molar-refractivity contribution in [2.75, 3.05) is 13.7 Å². The highest BCUT2D eigenvalue weighted by Gasteiger charge is 2.18. The Morgan fingerprint density at radius 3 is 2.73 bits per heavy atom. The second-order valence-corrected chi connectivity index (χ2v) is 4.64. The summed E-state index contributed by atoms with van der Waals surface area (Å²) in [5.41, 5.74) is 1.45. The average Bonchev–Trinajstić information content (AvgIpc) is 2.96. The van der Waals surface area contributed by atoms with E-state index in [2.05, 4.69) is 15.5 Å². The number of hydrogen-bond acceptors (Lipinski definition) is 5. The minimum Gasteiger partial charge on any atom is -0.497 e. The summed E-state index contributed by atoms with van der Waals surface area (Å²) in [6, 6.07) is 6.85. The Bertz CT molecular complexity index is 612. The Morgan fingerprint density at radius 2 is 2.14 bits per heavy atom. The van der Waals surface area contributed by atoms with E-state index in [0.29, 0.717) is 12.1 Å². The molecule has 1 aromatic carbocycles. The number of carbonyl (C=O) groups is 1. The molecule has 0 aliphatic heterocycles. The van der Waals surface area contributed by atoms with E-state index in [0.717, 1.165) is 11.3 Å². The molecule has 1 amide bonds. The lowest BCUT2D eigenvalue weighted by Crippen LogP contribution is -2.28. The van der Waals surface area contributed by atoms with E-state index >= 15 is 0 Å². The molecular formula is C14H18N4O4. The highest BCUT2D eigenvalue weighted by Crippen LogP contribution is 2.18. The van der Waals surface area contributed by atoms with E-state index < -0.39 is 12.1 Å². The van der Waals surface area contributed by atoms with Gasteiger partial charge in [-0.15, -0.1) is 0 Å². The molecule has 1 heterocycles. The number of aromatic nitrogens is 3. The standard InChI is InChI=1S/C14H18N4O4/c1-22-11-4-2-10(3-5-11)8-12(16-14(20)21)13-9-15-18(17-13)6-7-19/h2-5,9,12,16,19H,6-8H2,1H3,(H,20,21). The minimum absolute atomic E-state index is 0.0797. The SMILES string of the molecule is COc1ccc(CC(NC(=O)O)c2cnn(CCO)n2)cc1. The number of rotatable bonds is 7. The molecule has 1 unspecified atom stereocenters. The van der Waals surface area contributed by atoms with Crippen LogP contribution in [0.4, 0.5) is 4.79 Å². The van der Waals surface area contributed by atoms with E-state index in [-0.39, 0.29) is 13.2 Å². The smallest absolute Gasteiger partial charge is 0.405 e. The summed E-state index contributed by atoms with van der Waals surface area (Å²) in [4.78, 5) is 12.3. The van der Waals surface area contributed by atoms with E-state index in [1.165, 1.54) is 11.0 Å². The zero-order chi connectivity index (χ0) is 15.9. The van der Waals surface area contributed by atoms with Crippen LogP contribution in [-0.2, 0) is 13.0 Å². The maximum atomic E-state index is 11.0. The van der Waals surface area contributed by atoms with Gasteiger partial charge in [-0.3, -0.25) is 0 Å². The number of nitrogens with zero attached hydrogens (tertiary/aromatic N) is 3. The number of methoxy groups -OCH3 is 1. The van der Waals surface area contributed by atoms with Crippen molar-refractivity contribution in [3.8, 4) is 5.75 Å². The third-order valence-corrected chi connectivity index (χ3v) is 3.11. The molecule has 8 heteroatoms. The van der Waals surface area contributed by atoms with Crippen LogP contribution in [-0.4, -0.2) is 45.0 Å². The molecule has 118 valence electrons. The fourth-order valence-electron chi connectivity index (χ4n) is 2.04. The average molecular weight is 306 g/mol. The van der Waals surface area contributed by atoms with Crippen molar-refractivity contribution in [3.63, 3.8) is 0 Å². The van der Waals surface area contributed by atoms with Gasteiger partial charge in [0.2, 0.25) is 0 Å². The van der Waals surface area contributed by atoms with E-state index in [4.69, 9.17) is 14.9 Å². The summed E-state index contributed by atoms with van der Waals surface area (Å²) < 4.78 is 5.09. The van der Waals surface area contributed by atoms with Crippen LogP contribution in [0.15, 0.2) is 30.5 Å². The van der Waals surface area contributed by atoms with Gasteiger partial charge in [0.05, 0.1) is 32.5 Å². The summed E-state index contributed by atoms with van der Waals surface area (Å²) in [6.07, 6.45) is 0.809. The van der Waals surface area contributed by atoms with Gasteiger partial charge in [-0.25, -0.2) is 4.79 Å². The Morgan fingerprint density at radius 1 is 1.41 bits per heavy atom. The van der Waals surface area contributed by atoms with Crippen molar-refractivity contribution in [3.05, 3.63) is 41.7 Å². The normalized spacial score (nSPS) is 11.9. The third kappa shape index (κ3) is 4.19. The molecule has 0 fully saturated rings. The molecule has 0 radical (unpaired) electrons. The molecular weight excluding hydrogens is 288 g/mol. The molecule has 0 saturated carbocycles. The maximum Gasteiger partial charge on any atom is 0.405 e. The summed E-state index contributed by atoms with van der Waals surface area (Å²) in [7, 11) is 1.59. The predicted octanol–water partition coefficient (Wildman–Crippen LogP) is 0.830. The van der Waals surface area contributed by atoms with Crippen LogP contribution >= 0.6 is 0 Å². The first-order valence-electron chi connectivity index (χ1n) is 6.75. The van der Waals surface area contributed by atoms with Crippen molar-refractivity contribution >= 4 is 6.09 Å². The Hall–Kier alpha value is -2.61. The van der Waals surface area contributed by atoms with Crippen LogP contribution in [0.1, 0.15) is 17.3 Å². The van der Waals surface area contributed by atoms with Gasteiger partial charge in [-0.2, -0.15) is 15.0 Å². The molecule has 8 nitrogen and oxygen atoms in total. The Labute approximate surface area is 127 Å². The number of hydrogen-bond donors (Lipinski definition) is 3. The number of aliphatic hydroxyl groups excluding tert-OH is 1. The number of ether oxygens (including phenoxy) is 1. The van der Waals surface area contributed by atoms with Crippen LogP contribution in [0.3, 0.4) is 0 Å². The van der Waals surface area contributed by atoms with E-state index in [1.54, 1.807) is 7.11 Å². The lowest BCUT2D eigenvalue weighted by Gasteiger charge is -2.14. The Kier molecular flexibility index (Phi) is 5.31. The fourth-order valence-corrected chi connectivity index (χ4v) is 2.04. The van der Waals surface area contributed by atoms with Gasteiger partial charge in [0.15, 0.2) is 0 Å². The van der Waals surface area contributed by atoms with Gasteiger partial charge in [0, 0.05) is 0 Å². The van der Waals surface area contributed by atoms with Gasteiger partial charge in [0.1, 0.15) is 11.4 Å². The van der Waals surface area contributed by atoms with Crippen LogP contribution < -0.4 is 10.1 Å². The highest BCUT2D eigenvalue weighted by molar-refractivity contribution is 5.65. The zero-order valence-corrected chi connectivity index (χ0v) is 12.1. The monoisotopic (exact) mass is 306 g/mol. The summed E-state index contributed by atoms with van der Waals surface area (Å²) >= 11 is 0. The first-order valence-corrected chi connectivity index (χ1v) is 6.75. The first kappa shape index (κ1) is 15.8. The lowest BCUT2D eigenvalue weighted by atomic mass is 10.0. The van der Waals surface area contributed by atoms with E-state index in [1.807, 2.05) is 24.3 Å². The summed E-state index contributed by atoms with van der Waals surface area (Å²) in [5, 5.41) is 28.5. The van der Waals surface area contributed by atoms with Gasteiger partial charge >= 0.3 is 6.09 Å². The lowest BCUT2D eigenvalue weighted by molar-refractivity contribution is 0.189. The molecule has 0 aliphatic rings. The van der Waals surface area contributed by atoms with E-state index in [9.17, 15) is 4.79 Å². The van der Waals surface area contributed by atoms with Gasteiger partial charge < -0.3 is 20.3 Å².